The second-order valence-corrected chi connectivity index (χ2v) is 9.88. The molecular formula is C28H30N2O4S. The van der Waals surface area contributed by atoms with Crippen LogP contribution in [-0.4, -0.2) is 39.3 Å². The van der Waals surface area contributed by atoms with E-state index in [-0.39, 0.29) is 17.5 Å². The minimum Gasteiger partial charge on any atom is -0.503 e. The van der Waals surface area contributed by atoms with Crippen molar-refractivity contribution in [2.45, 2.75) is 52.7 Å². The average molecular weight is 491 g/mol. The van der Waals surface area contributed by atoms with Crippen LogP contribution in [0.3, 0.4) is 0 Å². The van der Waals surface area contributed by atoms with Crippen LogP contribution in [0.15, 0.2) is 65.9 Å². The van der Waals surface area contributed by atoms with Crippen molar-refractivity contribution < 1.29 is 19.4 Å². The van der Waals surface area contributed by atoms with Crippen molar-refractivity contribution in [2.75, 3.05) is 6.54 Å². The molecule has 6 nitrogen and oxygen atoms in total. The number of amides is 1. The normalized spacial score (nSPS) is 15.9. The van der Waals surface area contributed by atoms with E-state index < -0.39 is 17.7 Å². The summed E-state index contributed by atoms with van der Waals surface area (Å²) in [6, 6.07) is 16.4. The summed E-state index contributed by atoms with van der Waals surface area (Å²) in [5, 5.41) is 11.6. The van der Waals surface area contributed by atoms with Gasteiger partial charge >= 0.3 is 0 Å². The Morgan fingerprint density at radius 3 is 2.46 bits per heavy atom. The molecule has 35 heavy (non-hydrogen) atoms. The fourth-order valence-electron chi connectivity index (χ4n) is 4.23. The lowest BCUT2D eigenvalue weighted by Gasteiger charge is -2.27. The van der Waals surface area contributed by atoms with Crippen LogP contribution in [0.5, 0.6) is 5.75 Å². The quantitative estimate of drug-likeness (QED) is 0.357. The van der Waals surface area contributed by atoms with E-state index in [0.29, 0.717) is 22.9 Å². The van der Waals surface area contributed by atoms with Gasteiger partial charge in [-0.25, -0.2) is 4.98 Å². The molecule has 182 valence electrons. The molecule has 2 aromatic carbocycles. The van der Waals surface area contributed by atoms with E-state index in [9.17, 15) is 14.7 Å². The predicted molar refractivity (Wildman–Crippen MR) is 138 cm³/mol. The van der Waals surface area contributed by atoms with Crippen molar-refractivity contribution in [3.8, 4) is 16.3 Å². The predicted octanol–water partition coefficient (Wildman–Crippen LogP) is 6.28. The summed E-state index contributed by atoms with van der Waals surface area (Å²) in [7, 11) is 0. The van der Waals surface area contributed by atoms with E-state index in [0.717, 1.165) is 29.0 Å². The number of carbonyl (C=O) groups excluding carboxylic acids is 2. The smallest absolute Gasteiger partial charge is 0.290 e. The maximum atomic E-state index is 13.8. The molecule has 0 saturated carbocycles. The number of aryl methyl sites for hydroxylation is 1. The zero-order valence-electron chi connectivity index (χ0n) is 20.4. The molecule has 7 heteroatoms. The molecule has 1 aromatic heterocycles. The maximum Gasteiger partial charge on any atom is 0.290 e. The van der Waals surface area contributed by atoms with Gasteiger partial charge < -0.3 is 14.7 Å². The molecule has 1 unspecified atom stereocenters. The van der Waals surface area contributed by atoms with E-state index >= 15 is 0 Å². The molecule has 1 atom stereocenters. The highest BCUT2D eigenvalue weighted by Crippen LogP contribution is 2.41. The third-order valence-electron chi connectivity index (χ3n) is 5.89. The van der Waals surface area contributed by atoms with Gasteiger partial charge in [-0.1, -0.05) is 55.8 Å². The number of Topliss-reactive ketones (excluding diaryl/α,β-unsaturated/α-hetero) is 1. The van der Waals surface area contributed by atoms with Gasteiger partial charge in [0.1, 0.15) is 10.8 Å². The van der Waals surface area contributed by atoms with Crippen LogP contribution in [0.1, 0.15) is 60.6 Å². The third-order valence-corrected chi connectivity index (χ3v) is 7.10. The summed E-state index contributed by atoms with van der Waals surface area (Å²) >= 11 is 1.28. The van der Waals surface area contributed by atoms with Crippen LogP contribution in [0.2, 0.25) is 0 Å². The number of thiazole rings is 1. The van der Waals surface area contributed by atoms with Gasteiger partial charge in [0.05, 0.1) is 28.3 Å². The first-order valence-electron chi connectivity index (χ1n) is 11.9. The molecule has 4 rings (SSSR count). The number of hydrogen-bond donors (Lipinski definition) is 1. The first kappa shape index (κ1) is 24.7. The SMILES string of the molecule is CCCCN1C(=O)C(O)=C(C(=O)c2sc(-c3ccccc3)nc2C)C1c1ccc(OC(C)C)cc1. The minimum atomic E-state index is -0.670. The van der Waals surface area contributed by atoms with Gasteiger partial charge in [-0.3, -0.25) is 9.59 Å². The van der Waals surface area contributed by atoms with E-state index in [1.807, 2.05) is 75.4 Å². The van der Waals surface area contributed by atoms with Crippen molar-refractivity contribution in [2.24, 2.45) is 0 Å². The molecule has 1 amide bonds. The lowest BCUT2D eigenvalue weighted by molar-refractivity contribution is -0.129. The highest BCUT2D eigenvalue weighted by molar-refractivity contribution is 7.17. The number of aliphatic hydroxyl groups is 1. The van der Waals surface area contributed by atoms with Gasteiger partial charge in [0.15, 0.2) is 5.76 Å². The number of nitrogens with zero attached hydrogens (tertiary/aromatic N) is 2. The minimum absolute atomic E-state index is 0.0316. The number of unbranched alkanes of at least 4 members (excludes halogenated alkanes) is 1. The highest BCUT2D eigenvalue weighted by atomic mass is 32.1. The lowest BCUT2D eigenvalue weighted by atomic mass is 9.95. The Morgan fingerprint density at radius 2 is 1.83 bits per heavy atom. The molecule has 0 fully saturated rings. The second kappa shape index (κ2) is 10.4. The van der Waals surface area contributed by atoms with Crippen molar-refractivity contribution in [3.63, 3.8) is 0 Å². The summed E-state index contributed by atoms with van der Waals surface area (Å²) < 4.78 is 5.75. The molecule has 0 spiro atoms. The van der Waals surface area contributed by atoms with Crippen LogP contribution in [-0.2, 0) is 4.79 Å². The van der Waals surface area contributed by atoms with Crippen molar-refractivity contribution >= 4 is 23.0 Å². The first-order valence-corrected chi connectivity index (χ1v) is 12.7. The standard InChI is InChI=1S/C28H30N2O4S/c1-5-6-16-30-23(19-12-14-21(15-13-19)34-17(2)3)22(25(32)28(30)33)24(31)26-18(4)29-27(35-26)20-10-8-7-9-11-20/h7-15,17,23,32H,5-6,16H2,1-4H3. The Kier molecular flexibility index (Phi) is 7.36. The molecule has 1 aliphatic heterocycles. The Labute approximate surface area is 209 Å². The number of aromatic nitrogens is 1. The fourth-order valence-corrected chi connectivity index (χ4v) is 5.25. The number of ketones is 1. The first-order chi connectivity index (χ1) is 16.8. The van der Waals surface area contributed by atoms with Gasteiger partial charge in [0.25, 0.3) is 5.91 Å². The Balaban J connectivity index is 1.74. The molecule has 0 saturated heterocycles. The van der Waals surface area contributed by atoms with Crippen LogP contribution >= 0.6 is 11.3 Å². The largest absolute Gasteiger partial charge is 0.503 e. The topological polar surface area (TPSA) is 79.7 Å². The number of benzene rings is 2. The van der Waals surface area contributed by atoms with Crippen LogP contribution in [0, 0.1) is 6.92 Å². The molecule has 1 aliphatic rings. The van der Waals surface area contributed by atoms with Gasteiger partial charge in [-0.2, -0.15) is 0 Å². The molecular weight excluding hydrogens is 460 g/mol. The van der Waals surface area contributed by atoms with E-state index in [1.165, 1.54) is 11.3 Å². The molecule has 2 heterocycles. The Bertz CT molecular complexity index is 1250. The third kappa shape index (κ3) is 5.00. The van der Waals surface area contributed by atoms with Crippen molar-refractivity contribution in [1.29, 1.82) is 0 Å². The zero-order chi connectivity index (χ0) is 25.1. The zero-order valence-corrected chi connectivity index (χ0v) is 21.3. The molecule has 0 bridgehead atoms. The highest BCUT2D eigenvalue weighted by Gasteiger charge is 2.44. The van der Waals surface area contributed by atoms with Crippen molar-refractivity contribution in [3.05, 3.63) is 82.1 Å². The molecule has 0 radical (unpaired) electrons. The molecule has 1 N–H and O–H groups in total. The van der Waals surface area contributed by atoms with E-state index in [2.05, 4.69) is 4.98 Å². The summed E-state index contributed by atoms with van der Waals surface area (Å²) in [5.41, 5.74) is 2.36. The van der Waals surface area contributed by atoms with Crippen LogP contribution < -0.4 is 4.74 Å². The van der Waals surface area contributed by atoms with Gasteiger partial charge in [-0.05, 0) is 44.9 Å². The monoisotopic (exact) mass is 490 g/mol. The molecule has 3 aromatic rings. The fraction of sp³-hybridized carbons (Fsp3) is 0.321. The van der Waals surface area contributed by atoms with Crippen LogP contribution in [0.4, 0.5) is 0 Å². The number of hydrogen-bond acceptors (Lipinski definition) is 6. The van der Waals surface area contributed by atoms with Gasteiger partial charge in [0.2, 0.25) is 5.78 Å². The Hall–Kier alpha value is -3.45. The van der Waals surface area contributed by atoms with Gasteiger partial charge in [-0.15, -0.1) is 11.3 Å². The van der Waals surface area contributed by atoms with Gasteiger partial charge in [0, 0.05) is 12.1 Å². The van der Waals surface area contributed by atoms with E-state index in [1.54, 1.807) is 11.8 Å². The van der Waals surface area contributed by atoms with Crippen LogP contribution in [0.25, 0.3) is 10.6 Å². The van der Waals surface area contributed by atoms with Crippen molar-refractivity contribution in [1.82, 2.24) is 9.88 Å². The summed E-state index contributed by atoms with van der Waals surface area (Å²) in [4.78, 5) is 33.6. The second-order valence-electron chi connectivity index (χ2n) is 8.88. The average Bonchev–Trinajstić information content (AvgIpc) is 3.35. The Morgan fingerprint density at radius 1 is 1.14 bits per heavy atom. The molecule has 0 aliphatic carbocycles. The maximum absolute atomic E-state index is 13.8. The summed E-state index contributed by atoms with van der Waals surface area (Å²) in [5.74, 6) is -0.646. The number of rotatable bonds is 9. The summed E-state index contributed by atoms with van der Waals surface area (Å²) in [6.45, 7) is 8.18. The van der Waals surface area contributed by atoms with E-state index in [4.69, 9.17) is 4.74 Å². The summed E-state index contributed by atoms with van der Waals surface area (Å²) in [6.07, 6.45) is 1.68. The number of carbonyl (C=O) groups is 2. The lowest BCUT2D eigenvalue weighted by Crippen LogP contribution is -2.32. The number of ether oxygens (including phenoxy) is 1. The number of aliphatic hydroxyl groups excluding tert-OH is 1.